The summed E-state index contributed by atoms with van der Waals surface area (Å²) in [7, 11) is 0. The highest BCUT2D eigenvalue weighted by atomic mass is 16.3. The Labute approximate surface area is 111 Å². The molecular weight excluding hydrogens is 238 g/mol. The minimum Gasteiger partial charge on any atom is -0.817 e. The van der Waals surface area contributed by atoms with E-state index in [1.54, 1.807) is 11.0 Å². The van der Waals surface area contributed by atoms with Crippen molar-refractivity contribution < 1.29 is 9.67 Å². The molecule has 1 heterocycles. The van der Waals surface area contributed by atoms with E-state index in [0.717, 1.165) is 11.4 Å². The smallest absolute Gasteiger partial charge is 0.250 e. The Morgan fingerprint density at radius 2 is 1.68 bits per heavy atom. The Balaban J connectivity index is 2.04. The van der Waals surface area contributed by atoms with E-state index < -0.39 is 0 Å². The maximum absolute atomic E-state index is 11.9. The van der Waals surface area contributed by atoms with Gasteiger partial charge in [0.15, 0.2) is 0 Å². The van der Waals surface area contributed by atoms with Gasteiger partial charge in [0.25, 0.3) is 0 Å². The summed E-state index contributed by atoms with van der Waals surface area (Å²) in [5.74, 6) is 0. The third kappa shape index (κ3) is 2.20. The van der Waals surface area contributed by atoms with Crippen molar-refractivity contribution in [2.24, 2.45) is 0 Å². The first-order valence-electron chi connectivity index (χ1n) is 6.05. The second kappa shape index (κ2) is 4.57. The lowest BCUT2D eigenvalue weighted by Gasteiger charge is -1.99. The number of para-hydroxylation sites is 1. The molecule has 0 N–H and O–H groups in total. The van der Waals surface area contributed by atoms with Gasteiger partial charge in [0.05, 0.1) is 0 Å². The lowest BCUT2D eigenvalue weighted by molar-refractivity contribution is -0.651. The van der Waals surface area contributed by atoms with Gasteiger partial charge in [-0.25, -0.2) is 4.57 Å². The number of nitrogens with zero attached hydrogens (tertiary/aromatic N) is 3. The fraction of sp³-hybridized carbons (Fsp3) is 0.0667. The highest BCUT2D eigenvalue weighted by Gasteiger charge is 2.12. The molecule has 0 saturated carbocycles. The third-order valence-corrected chi connectivity index (χ3v) is 2.96. The average molecular weight is 251 g/mol. The van der Waals surface area contributed by atoms with Crippen LogP contribution in [0.25, 0.3) is 11.4 Å². The van der Waals surface area contributed by atoms with E-state index in [1.807, 2.05) is 61.5 Å². The first kappa shape index (κ1) is 11.5. The SMILES string of the molecule is Cc1ccc(-n2c[n+](-c3ccccc3)c([O-])n2)cc1. The fourth-order valence-electron chi connectivity index (χ4n) is 1.91. The molecule has 0 fully saturated rings. The fourth-order valence-corrected chi connectivity index (χ4v) is 1.91. The van der Waals surface area contributed by atoms with Crippen LogP contribution in [0.4, 0.5) is 0 Å². The van der Waals surface area contributed by atoms with Crippen molar-refractivity contribution in [3.8, 4) is 17.4 Å². The molecule has 2 aromatic carbocycles. The molecule has 0 bridgehead atoms. The molecular formula is C15H13N3O. The summed E-state index contributed by atoms with van der Waals surface area (Å²) in [5, 5.41) is 15.9. The molecule has 0 saturated heterocycles. The van der Waals surface area contributed by atoms with E-state index in [0.29, 0.717) is 0 Å². The standard InChI is InChI=1S/C15H13N3O/c1-12-7-9-14(10-8-12)18-11-17(15(19)16-18)13-5-3-2-4-6-13/h2-11H,1H3. The Bertz CT molecular complexity index is 687. The zero-order valence-corrected chi connectivity index (χ0v) is 10.5. The number of rotatable bonds is 2. The zero-order valence-electron chi connectivity index (χ0n) is 10.5. The molecule has 3 aromatic rings. The summed E-state index contributed by atoms with van der Waals surface area (Å²) < 4.78 is 3.12. The van der Waals surface area contributed by atoms with Gasteiger partial charge in [-0.3, -0.25) is 0 Å². The van der Waals surface area contributed by atoms with Gasteiger partial charge in [-0.15, -0.1) is 0 Å². The van der Waals surface area contributed by atoms with E-state index in [-0.39, 0.29) is 6.01 Å². The average Bonchev–Trinajstić information content (AvgIpc) is 2.83. The summed E-state index contributed by atoms with van der Waals surface area (Å²) in [6.07, 6.45) is 1.70. The molecule has 0 radical (unpaired) electrons. The van der Waals surface area contributed by atoms with Gasteiger partial charge in [0.2, 0.25) is 12.3 Å². The van der Waals surface area contributed by atoms with Crippen LogP contribution in [-0.4, -0.2) is 9.78 Å². The third-order valence-electron chi connectivity index (χ3n) is 2.96. The topological polar surface area (TPSA) is 44.8 Å². The number of hydrogen-bond donors (Lipinski definition) is 0. The normalized spacial score (nSPS) is 10.6. The van der Waals surface area contributed by atoms with Crippen LogP contribution in [0.2, 0.25) is 0 Å². The minimum absolute atomic E-state index is 0.285. The van der Waals surface area contributed by atoms with Crippen LogP contribution in [0, 0.1) is 6.92 Å². The van der Waals surface area contributed by atoms with Crippen LogP contribution in [-0.2, 0) is 0 Å². The van der Waals surface area contributed by atoms with Crippen molar-refractivity contribution in [1.29, 1.82) is 0 Å². The van der Waals surface area contributed by atoms with Crippen molar-refractivity contribution in [2.45, 2.75) is 6.92 Å². The Morgan fingerprint density at radius 3 is 2.37 bits per heavy atom. The molecule has 0 aliphatic rings. The number of hydrogen-bond acceptors (Lipinski definition) is 2. The van der Waals surface area contributed by atoms with E-state index in [1.165, 1.54) is 10.1 Å². The van der Waals surface area contributed by atoms with Crippen LogP contribution in [0.1, 0.15) is 5.56 Å². The highest BCUT2D eigenvalue weighted by Crippen LogP contribution is 2.09. The maximum atomic E-state index is 11.9. The molecule has 3 rings (SSSR count). The second-order valence-electron chi connectivity index (χ2n) is 4.38. The predicted octanol–water partition coefficient (Wildman–Crippen LogP) is 1.53. The van der Waals surface area contributed by atoms with Gasteiger partial charge in [0, 0.05) is 5.10 Å². The molecule has 4 heteroatoms. The van der Waals surface area contributed by atoms with Crippen molar-refractivity contribution in [3.63, 3.8) is 0 Å². The van der Waals surface area contributed by atoms with E-state index in [2.05, 4.69) is 5.10 Å². The van der Waals surface area contributed by atoms with Crippen molar-refractivity contribution >= 4 is 0 Å². The van der Waals surface area contributed by atoms with E-state index >= 15 is 0 Å². The van der Waals surface area contributed by atoms with Gasteiger partial charge in [-0.1, -0.05) is 40.6 Å². The molecule has 0 aliphatic carbocycles. The summed E-state index contributed by atoms with van der Waals surface area (Å²) in [4.78, 5) is 0. The molecule has 0 spiro atoms. The summed E-state index contributed by atoms with van der Waals surface area (Å²) >= 11 is 0. The van der Waals surface area contributed by atoms with Crippen molar-refractivity contribution in [1.82, 2.24) is 9.78 Å². The molecule has 0 aliphatic heterocycles. The summed E-state index contributed by atoms with van der Waals surface area (Å²) in [6, 6.07) is 17.0. The summed E-state index contributed by atoms with van der Waals surface area (Å²) in [6.45, 7) is 2.02. The lowest BCUT2D eigenvalue weighted by Crippen LogP contribution is -2.32. The van der Waals surface area contributed by atoms with Crippen LogP contribution in [0.3, 0.4) is 0 Å². The van der Waals surface area contributed by atoms with Crippen LogP contribution in [0.15, 0.2) is 60.9 Å². The molecule has 0 atom stereocenters. The molecule has 0 unspecified atom stereocenters. The summed E-state index contributed by atoms with van der Waals surface area (Å²) in [5.41, 5.74) is 2.86. The quantitative estimate of drug-likeness (QED) is 0.648. The van der Waals surface area contributed by atoms with Crippen LogP contribution < -0.4 is 9.67 Å². The van der Waals surface area contributed by atoms with Gasteiger partial charge >= 0.3 is 0 Å². The molecule has 1 aromatic heterocycles. The van der Waals surface area contributed by atoms with Gasteiger partial charge in [-0.05, 0) is 31.2 Å². The van der Waals surface area contributed by atoms with Crippen LogP contribution in [0.5, 0.6) is 6.01 Å². The van der Waals surface area contributed by atoms with Gasteiger partial charge in [0.1, 0.15) is 11.4 Å². The molecule has 19 heavy (non-hydrogen) atoms. The predicted molar refractivity (Wildman–Crippen MR) is 69.3 cm³/mol. The second-order valence-corrected chi connectivity index (χ2v) is 4.38. The van der Waals surface area contributed by atoms with E-state index in [4.69, 9.17) is 0 Å². The Hall–Kier alpha value is -2.62. The molecule has 4 nitrogen and oxygen atoms in total. The lowest BCUT2D eigenvalue weighted by atomic mass is 10.2. The first-order valence-corrected chi connectivity index (χ1v) is 6.05. The Kier molecular flexibility index (Phi) is 2.76. The van der Waals surface area contributed by atoms with Gasteiger partial charge in [-0.2, -0.15) is 0 Å². The number of aromatic nitrogens is 3. The Morgan fingerprint density at radius 1 is 1.00 bits per heavy atom. The van der Waals surface area contributed by atoms with Gasteiger partial charge < -0.3 is 5.11 Å². The van der Waals surface area contributed by atoms with Crippen molar-refractivity contribution in [3.05, 3.63) is 66.5 Å². The minimum atomic E-state index is -0.285. The van der Waals surface area contributed by atoms with E-state index in [9.17, 15) is 5.11 Å². The number of aryl methyl sites for hydroxylation is 1. The zero-order chi connectivity index (χ0) is 13.2. The number of benzene rings is 2. The van der Waals surface area contributed by atoms with Crippen LogP contribution >= 0.6 is 0 Å². The maximum Gasteiger partial charge on any atom is 0.250 e. The highest BCUT2D eigenvalue weighted by molar-refractivity contribution is 5.33. The largest absolute Gasteiger partial charge is 0.817 e. The monoisotopic (exact) mass is 251 g/mol. The van der Waals surface area contributed by atoms with Crippen molar-refractivity contribution in [2.75, 3.05) is 0 Å². The first-order chi connectivity index (χ1) is 9.24. The molecule has 0 amide bonds. The molecule has 94 valence electrons.